The first-order valence-electron chi connectivity index (χ1n) is 6.28. The SMILES string of the molecule is Cc1ccc(NC(=S)N2CCCC(C)C2)cc1. The van der Waals surface area contributed by atoms with Gasteiger partial charge in [0.2, 0.25) is 0 Å². The standard InChI is InChI=1S/C14H20N2S/c1-11-5-7-13(8-6-11)15-14(17)16-9-3-4-12(2)10-16/h5-8,12H,3-4,9-10H2,1-2H3,(H,15,17). The van der Waals surface area contributed by atoms with Crippen LogP contribution in [0, 0.1) is 12.8 Å². The van der Waals surface area contributed by atoms with Gasteiger partial charge in [0.1, 0.15) is 0 Å². The van der Waals surface area contributed by atoms with E-state index in [9.17, 15) is 0 Å². The number of hydrogen-bond acceptors (Lipinski definition) is 1. The number of nitrogens with zero attached hydrogens (tertiary/aromatic N) is 1. The van der Waals surface area contributed by atoms with E-state index in [0.29, 0.717) is 0 Å². The number of aryl methyl sites for hydroxylation is 1. The first-order chi connectivity index (χ1) is 8.15. The molecule has 0 bridgehead atoms. The van der Waals surface area contributed by atoms with E-state index in [0.717, 1.165) is 29.8 Å². The van der Waals surface area contributed by atoms with Gasteiger partial charge in [0.05, 0.1) is 0 Å². The van der Waals surface area contributed by atoms with Crippen molar-refractivity contribution in [1.29, 1.82) is 0 Å². The van der Waals surface area contributed by atoms with Gasteiger partial charge in [0.25, 0.3) is 0 Å². The Hall–Kier alpha value is -1.09. The molecule has 0 aliphatic carbocycles. The van der Waals surface area contributed by atoms with Gasteiger partial charge in [0.15, 0.2) is 5.11 Å². The Labute approximate surface area is 109 Å². The molecular formula is C14H20N2S. The molecule has 0 saturated carbocycles. The molecule has 1 atom stereocenters. The monoisotopic (exact) mass is 248 g/mol. The van der Waals surface area contributed by atoms with Gasteiger partial charge < -0.3 is 10.2 Å². The number of anilines is 1. The van der Waals surface area contributed by atoms with Crippen molar-refractivity contribution in [2.24, 2.45) is 5.92 Å². The van der Waals surface area contributed by atoms with Crippen LogP contribution in [-0.4, -0.2) is 23.1 Å². The Balaban J connectivity index is 1.94. The maximum absolute atomic E-state index is 5.46. The molecule has 1 aliphatic heterocycles. The second-order valence-electron chi connectivity index (χ2n) is 4.99. The van der Waals surface area contributed by atoms with Crippen LogP contribution < -0.4 is 5.32 Å². The van der Waals surface area contributed by atoms with E-state index in [2.05, 4.69) is 48.3 Å². The van der Waals surface area contributed by atoms with Crippen molar-refractivity contribution in [3.8, 4) is 0 Å². The van der Waals surface area contributed by atoms with E-state index < -0.39 is 0 Å². The smallest absolute Gasteiger partial charge is 0.173 e. The first-order valence-corrected chi connectivity index (χ1v) is 6.68. The van der Waals surface area contributed by atoms with Crippen LogP contribution in [0.1, 0.15) is 25.3 Å². The summed E-state index contributed by atoms with van der Waals surface area (Å²) in [4.78, 5) is 2.28. The van der Waals surface area contributed by atoms with Crippen molar-refractivity contribution in [2.75, 3.05) is 18.4 Å². The van der Waals surface area contributed by atoms with Crippen LogP contribution in [0.4, 0.5) is 5.69 Å². The van der Waals surface area contributed by atoms with Gasteiger partial charge in [-0.15, -0.1) is 0 Å². The highest BCUT2D eigenvalue weighted by atomic mass is 32.1. The van der Waals surface area contributed by atoms with E-state index in [1.807, 2.05) is 0 Å². The topological polar surface area (TPSA) is 15.3 Å². The Kier molecular flexibility index (Phi) is 4.00. The molecule has 2 nitrogen and oxygen atoms in total. The second kappa shape index (κ2) is 5.50. The molecule has 17 heavy (non-hydrogen) atoms. The number of thiocarbonyl (C=S) groups is 1. The second-order valence-corrected chi connectivity index (χ2v) is 5.38. The molecule has 0 aromatic heterocycles. The summed E-state index contributed by atoms with van der Waals surface area (Å²) in [6.07, 6.45) is 2.57. The fourth-order valence-corrected chi connectivity index (χ4v) is 2.50. The lowest BCUT2D eigenvalue weighted by Crippen LogP contribution is -2.41. The van der Waals surface area contributed by atoms with Gasteiger partial charge in [-0.25, -0.2) is 0 Å². The minimum absolute atomic E-state index is 0.751. The predicted octanol–water partition coefficient (Wildman–Crippen LogP) is 3.42. The third-order valence-corrected chi connectivity index (χ3v) is 3.61. The number of nitrogens with one attached hydrogen (secondary N) is 1. The van der Waals surface area contributed by atoms with Crippen LogP contribution in [0.2, 0.25) is 0 Å². The average molecular weight is 248 g/mol. The van der Waals surface area contributed by atoms with Gasteiger partial charge in [-0.3, -0.25) is 0 Å². The third-order valence-electron chi connectivity index (χ3n) is 3.25. The Morgan fingerprint density at radius 2 is 2.06 bits per heavy atom. The van der Waals surface area contributed by atoms with Crippen LogP contribution in [0.25, 0.3) is 0 Å². The van der Waals surface area contributed by atoms with Crippen molar-refractivity contribution in [1.82, 2.24) is 4.90 Å². The summed E-state index contributed by atoms with van der Waals surface area (Å²) < 4.78 is 0. The number of piperidine rings is 1. The van der Waals surface area contributed by atoms with Crippen LogP contribution in [0.5, 0.6) is 0 Å². The van der Waals surface area contributed by atoms with Gasteiger partial charge >= 0.3 is 0 Å². The van der Waals surface area contributed by atoms with Crippen molar-refractivity contribution >= 4 is 23.0 Å². The molecule has 0 amide bonds. The quantitative estimate of drug-likeness (QED) is 0.767. The average Bonchev–Trinajstić information content (AvgIpc) is 2.32. The van der Waals surface area contributed by atoms with Gasteiger partial charge in [-0.05, 0) is 50.0 Å². The van der Waals surface area contributed by atoms with E-state index in [1.54, 1.807) is 0 Å². The summed E-state index contributed by atoms with van der Waals surface area (Å²) in [7, 11) is 0. The number of benzene rings is 1. The molecule has 1 saturated heterocycles. The molecule has 0 spiro atoms. The van der Waals surface area contributed by atoms with Crippen molar-refractivity contribution in [3.05, 3.63) is 29.8 Å². The lowest BCUT2D eigenvalue weighted by atomic mass is 10.0. The minimum Gasteiger partial charge on any atom is -0.349 e. The van der Waals surface area contributed by atoms with Crippen molar-refractivity contribution in [2.45, 2.75) is 26.7 Å². The zero-order valence-electron chi connectivity index (χ0n) is 10.6. The molecule has 3 heteroatoms. The summed E-state index contributed by atoms with van der Waals surface area (Å²) in [5.74, 6) is 0.751. The highest BCUT2D eigenvalue weighted by Gasteiger charge is 2.18. The van der Waals surface area contributed by atoms with Crippen LogP contribution in [0.3, 0.4) is 0 Å². The molecule has 1 fully saturated rings. The molecule has 1 unspecified atom stereocenters. The molecule has 1 N–H and O–H groups in total. The normalized spacial score (nSPS) is 20.1. The number of hydrogen-bond donors (Lipinski definition) is 1. The summed E-state index contributed by atoms with van der Waals surface area (Å²) in [6, 6.07) is 8.36. The molecule has 1 aromatic carbocycles. The van der Waals surface area contributed by atoms with Gasteiger partial charge in [-0.2, -0.15) is 0 Å². The van der Waals surface area contributed by atoms with E-state index in [4.69, 9.17) is 12.2 Å². The van der Waals surface area contributed by atoms with Gasteiger partial charge in [0, 0.05) is 18.8 Å². The molecule has 1 aliphatic rings. The summed E-state index contributed by atoms with van der Waals surface area (Å²) in [5.41, 5.74) is 2.35. The molecule has 1 heterocycles. The zero-order chi connectivity index (χ0) is 12.3. The highest BCUT2D eigenvalue weighted by molar-refractivity contribution is 7.80. The molecule has 92 valence electrons. The van der Waals surface area contributed by atoms with Gasteiger partial charge in [-0.1, -0.05) is 24.6 Å². The summed E-state index contributed by atoms with van der Waals surface area (Å²) in [5, 5.41) is 4.18. The summed E-state index contributed by atoms with van der Waals surface area (Å²) >= 11 is 5.46. The highest BCUT2D eigenvalue weighted by Crippen LogP contribution is 2.17. The Morgan fingerprint density at radius 3 is 2.71 bits per heavy atom. The predicted molar refractivity (Wildman–Crippen MR) is 77.4 cm³/mol. The van der Waals surface area contributed by atoms with E-state index in [-0.39, 0.29) is 0 Å². The largest absolute Gasteiger partial charge is 0.349 e. The Bertz CT molecular complexity index is 386. The fraction of sp³-hybridized carbons (Fsp3) is 0.500. The lowest BCUT2D eigenvalue weighted by Gasteiger charge is -2.33. The van der Waals surface area contributed by atoms with Crippen LogP contribution in [-0.2, 0) is 0 Å². The maximum atomic E-state index is 5.46. The zero-order valence-corrected chi connectivity index (χ0v) is 11.4. The molecular weight excluding hydrogens is 228 g/mol. The van der Waals surface area contributed by atoms with Crippen LogP contribution >= 0.6 is 12.2 Å². The molecule has 2 rings (SSSR count). The minimum atomic E-state index is 0.751. The maximum Gasteiger partial charge on any atom is 0.173 e. The molecule has 0 radical (unpaired) electrons. The fourth-order valence-electron chi connectivity index (χ4n) is 2.21. The Morgan fingerprint density at radius 1 is 1.35 bits per heavy atom. The van der Waals surface area contributed by atoms with E-state index in [1.165, 1.54) is 18.4 Å². The van der Waals surface area contributed by atoms with E-state index >= 15 is 0 Å². The summed E-state index contributed by atoms with van der Waals surface area (Å²) in [6.45, 7) is 6.55. The van der Waals surface area contributed by atoms with Crippen molar-refractivity contribution in [3.63, 3.8) is 0 Å². The van der Waals surface area contributed by atoms with Crippen molar-refractivity contribution < 1.29 is 0 Å². The third kappa shape index (κ3) is 3.43. The first kappa shape index (κ1) is 12.4. The van der Waals surface area contributed by atoms with Crippen LogP contribution in [0.15, 0.2) is 24.3 Å². The lowest BCUT2D eigenvalue weighted by molar-refractivity contribution is 0.276. The number of likely N-dealkylation sites (tertiary alicyclic amines) is 1. The number of rotatable bonds is 1. The molecule has 1 aromatic rings.